The summed E-state index contributed by atoms with van der Waals surface area (Å²) >= 11 is 11.5. The highest BCUT2D eigenvalue weighted by atomic mass is 32.2. The summed E-state index contributed by atoms with van der Waals surface area (Å²) in [6.07, 6.45) is 1.20. The zero-order valence-electron chi connectivity index (χ0n) is 29.8. The van der Waals surface area contributed by atoms with Gasteiger partial charge in [-0.05, 0) is 36.4 Å². The molecule has 0 spiro atoms. The first-order chi connectivity index (χ1) is 27.1. The van der Waals surface area contributed by atoms with Crippen molar-refractivity contribution >= 4 is 136 Å². The molecule has 0 fully saturated rings. The highest BCUT2D eigenvalue weighted by molar-refractivity contribution is 8.01. The molecule has 55 heavy (non-hydrogen) atoms. The van der Waals surface area contributed by atoms with Crippen LogP contribution in [0.25, 0.3) is 60.5 Å². The molecule has 0 aliphatic heterocycles. The molecule has 0 atom stereocenters. The van der Waals surface area contributed by atoms with Crippen LogP contribution in [0.2, 0.25) is 0 Å². The summed E-state index contributed by atoms with van der Waals surface area (Å²) < 4.78 is 19.8. The molecular weight excluding hydrogens is 793 g/mol. The Morgan fingerprint density at radius 1 is 0.527 bits per heavy atom. The summed E-state index contributed by atoms with van der Waals surface area (Å²) in [6, 6.07) is 46.3. The molecule has 0 aliphatic carbocycles. The van der Waals surface area contributed by atoms with Crippen LogP contribution >= 0.6 is 69.3 Å². The maximum Gasteiger partial charge on any atom is 0.330 e. The number of carbonyl (C=O) groups excluding carboxylic acids is 1. The van der Waals surface area contributed by atoms with Crippen molar-refractivity contribution in [3.8, 4) is 0 Å². The minimum absolute atomic E-state index is 0.192. The summed E-state index contributed by atoms with van der Waals surface area (Å²) in [4.78, 5) is 15.8. The van der Waals surface area contributed by atoms with Gasteiger partial charge in [0.15, 0.2) is 0 Å². The Balaban J connectivity index is 1.08. The SMILES string of the molecule is C=CC(=O)OCCOCC(CSc1cccc2c1sc1ccccc12)(CSc1cccc2c1sc1ccccc12)CSc1cccc2c1sc1ccccc12. The van der Waals surface area contributed by atoms with E-state index in [1.165, 1.54) is 81.3 Å². The average Bonchev–Trinajstić information content (AvgIpc) is 3.93. The molecule has 0 bridgehead atoms. The van der Waals surface area contributed by atoms with Gasteiger partial charge >= 0.3 is 5.97 Å². The molecule has 9 aromatic rings. The molecule has 0 amide bonds. The number of benzene rings is 6. The Labute approximate surface area is 344 Å². The first-order valence-electron chi connectivity index (χ1n) is 18.1. The van der Waals surface area contributed by atoms with Crippen molar-refractivity contribution in [1.82, 2.24) is 0 Å². The maximum absolute atomic E-state index is 11.9. The highest BCUT2D eigenvalue weighted by Gasteiger charge is 2.33. The van der Waals surface area contributed by atoms with Gasteiger partial charge in [-0.3, -0.25) is 0 Å². The minimum Gasteiger partial charge on any atom is -0.460 e. The molecular formula is C46H36O3S6. The van der Waals surface area contributed by atoms with Crippen molar-refractivity contribution < 1.29 is 14.3 Å². The van der Waals surface area contributed by atoms with E-state index in [0.717, 1.165) is 17.3 Å². The zero-order chi connectivity index (χ0) is 37.2. The van der Waals surface area contributed by atoms with E-state index >= 15 is 0 Å². The summed E-state index contributed by atoms with van der Waals surface area (Å²) in [5.41, 5.74) is -0.251. The molecule has 9 rings (SSSR count). The normalized spacial score (nSPS) is 12.1. The number of hydrogen-bond acceptors (Lipinski definition) is 9. The molecule has 0 saturated heterocycles. The smallest absolute Gasteiger partial charge is 0.330 e. The Morgan fingerprint density at radius 2 is 0.909 bits per heavy atom. The van der Waals surface area contributed by atoms with Crippen LogP contribution in [0.3, 0.4) is 0 Å². The fourth-order valence-corrected chi connectivity index (χ4v) is 15.1. The van der Waals surface area contributed by atoms with Gasteiger partial charge in [0.25, 0.3) is 0 Å². The van der Waals surface area contributed by atoms with Crippen LogP contribution in [0.1, 0.15) is 0 Å². The maximum atomic E-state index is 11.9. The van der Waals surface area contributed by atoms with E-state index in [-0.39, 0.29) is 12.0 Å². The lowest BCUT2D eigenvalue weighted by atomic mass is 9.97. The van der Waals surface area contributed by atoms with E-state index in [4.69, 9.17) is 9.47 Å². The van der Waals surface area contributed by atoms with Crippen LogP contribution in [-0.2, 0) is 14.3 Å². The molecule has 0 radical (unpaired) electrons. The predicted octanol–water partition coefficient (Wildman–Crippen LogP) is 14.2. The summed E-state index contributed by atoms with van der Waals surface area (Å²) in [5, 5.41) is 7.88. The van der Waals surface area contributed by atoms with E-state index in [1.807, 2.05) is 69.3 Å². The summed E-state index contributed by atoms with van der Waals surface area (Å²) in [7, 11) is 0. The highest BCUT2D eigenvalue weighted by Crippen LogP contribution is 2.47. The number of esters is 1. The van der Waals surface area contributed by atoms with Crippen molar-refractivity contribution in [2.24, 2.45) is 5.41 Å². The van der Waals surface area contributed by atoms with Gasteiger partial charge in [-0.15, -0.1) is 69.3 Å². The molecule has 274 valence electrons. The quantitative estimate of drug-likeness (QED) is 0.0443. The van der Waals surface area contributed by atoms with Crippen molar-refractivity contribution in [2.75, 3.05) is 37.1 Å². The summed E-state index contributed by atoms with van der Waals surface area (Å²) in [5.74, 6) is 2.15. The number of thiophene rings is 3. The molecule has 0 aliphatic rings. The molecule has 0 unspecified atom stereocenters. The van der Waals surface area contributed by atoms with Crippen molar-refractivity contribution in [2.45, 2.75) is 14.7 Å². The molecule has 3 heterocycles. The number of thioether (sulfide) groups is 3. The first kappa shape index (κ1) is 36.8. The molecule has 3 nitrogen and oxygen atoms in total. The minimum atomic E-state index is -0.430. The third-order valence-corrected chi connectivity index (χ3v) is 18.0. The van der Waals surface area contributed by atoms with Crippen LogP contribution < -0.4 is 0 Å². The largest absolute Gasteiger partial charge is 0.460 e. The van der Waals surface area contributed by atoms with E-state index in [0.29, 0.717) is 13.2 Å². The lowest BCUT2D eigenvalue weighted by molar-refractivity contribution is -0.139. The lowest BCUT2D eigenvalue weighted by Gasteiger charge is -2.33. The third-order valence-electron chi connectivity index (χ3n) is 9.75. The number of carbonyl (C=O) groups is 1. The summed E-state index contributed by atoms with van der Waals surface area (Å²) in [6.45, 7) is 4.59. The van der Waals surface area contributed by atoms with Crippen LogP contribution in [0.15, 0.2) is 155 Å². The Morgan fingerprint density at radius 3 is 1.31 bits per heavy atom. The van der Waals surface area contributed by atoms with Gasteiger partial charge < -0.3 is 9.47 Å². The second-order valence-electron chi connectivity index (χ2n) is 13.5. The second-order valence-corrected chi connectivity index (χ2v) is 19.7. The van der Waals surface area contributed by atoms with E-state index in [1.54, 1.807) is 0 Å². The Bertz CT molecular complexity index is 2550. The Hall–Kier alpha value is -3.80. The second kappa shape index (κ2) is 16.4. The van der Waals surface area contributed by atoms with Gasteiger partial charge in [0.1, 0.15) is 6.61 Å². The molecule has 0 saturated carbocycles. The van der Waals surface area contributed by atoms with Crippen LogP contribution in [0.4, 0.5) is 0 Å². The van der Waals surface area contributed by atoms with Gasteiger partial charge in [0, 0.05) is 104 Å². The fraction of sp³-hybridized carbons (Fsp3) is 0.152. The van der Waals surface area contributed by atoms with Gasteiger partial charge in [-0.2, -0.15) is 0 Å². The fourth-order valence-electron chi connectivity index (χ4n) is 7.00. The topological polar surface area (TPSA) is 35.5 Å². The van der Waals surface area contributed by atoms with E-state index in [9.17, 15) is 4.79 Å². The number of fused-ring (bicyclic) bond motifs is 9. The van der Waals surface area contributed by atoms with Crippen LogP contribution in [0.5, 0.6) is 0 Å². The van der Waals surface area contributed by atoms with Gasteiger partial charge in [-0.1, -0.05) is 97.6 Å². The van der Waals surface area contributed by atoms with Crippen LogP contribution in [0, 0.1) is 5.41 Å². The zero-order valence-corrected chi connectivity index (χ0v) is 34.7. The monoisotopic (exact) mass is 828 g/mol. The molecule has 6 aromatic carbocycles. The Kier molecular flexibility index (Phi) is 10.9. The number of hydrogen-bond donors (Lipinski definition) is 0. The van der Waals surface area contributed by atoms with Crippen molar-refractivity contribution in [3.63, 3.8) is 0 Å². The van der Waals surface area contributed by atoms with Gasteiger partial charge in [-0.25, -0.2) is 4.79 Å². The average molecular weight is 829 g/mol. The van der Waals surface area contributed by atoms with Crippen LogP contribution in [-0.4, -0.2) is 43.0 Å². The van der Waals surface area contributed by atoms with Gasteiger partial charge in [0.2, 0.25) is 0 Å². The first-order valence-corrected chi connectivity index (χ1v) is 23.5. The lowest BCUT2D eigenvalue weighted by Crippen LogP contribution is -2.36. The molecule has 3 aromatic heterocycles. The number of rotatable bonds is 15. The molecule has 9 heteroatoms. The van der Waals surface area contributed by atoms with Gasteiger partial charge in [0.05, 0.1) is 13.2 Å². The van der Waals surface area contributed by atoms with Crippen molar-refractivity contribution in [3.05, 3.63) is 140 Å². The predicted molar refractivity (Wildman–Crippen MR) is 245 cm³/mol. The standard InChI is InChI=1S/C46H36O3S6/c1-2-42(47)49-25-24-48-26-46(27-50-39-21-9-15-33-30-12-3-6-18-36(30)53-43(33)39,28-51-40-22-10-16-34-31-13-4-7-19-37(31)54-44(34)40)29-52-41-23-11-17-35-32-14-5-8-20-38(32)55-45(35)41/h2-23H,1,24-29H2. The van der Waals surface area contributed by atoms with E-state index in [2.05, 4.69) is 134 Å². The third kappa shape index (κ3) is 7.56. The molecule has 0 N–H and O–H groups in total. The van der Waals surface area contributed by atoms with E-state index < -0.39 is 5.97 Å². The number of ether oxygens (including phenoxy) is 2. The van der Waals surface area contributed by atoms with Crippen molar-refractivity contribution in [1.29, 1.82) is 0 Å².